The van der Waals surface area contributed by atoms with E-state index in [2.05, 4.69) is 38.2 Å². The van der Waals surface area contributed by atoms with Crippen molar-refractivity contribution in [1.82, 2.24) is 30.0 Å². The Morgan fingerprint density at radius 3 is 2.70 bits per heavy atom. The summed E-state index contributed by atoms with van der Waals surface area (Å²) in [4.78, 5) is 25.5. The van der Waals surface area contributed by atoms with Crippen molar-refractivity contribution in [2.75, 3.05) is 25.1 Å². The van der Waals surface area contributed by atoms with Crippen LogP contribution in [0, 0.1) is 0 Å². The number of thiol groups is 1. The Kier molecular flexibility index (Phi) is 6.59. The van der Waals surface area contributed by atoms with Crippen LogP contribution >= 0.6 is 12.8 Å². The Labute approximate surface area is 196 Å². The number of anilines is 1. The zero-order chi connectivity index (χ0) is 23.4. The van der Waals surface area contributed by atoms with Crippen molar-refractivity contribution in [2.45, 2.75) is 13.5 Å². The molecule has 0 bridgehead atoms. The molecule has 3 aromatic heterocycles. The smallest absolute Gasteiger partial charge is 0.333 e. The zero-order valence-electron chi connectivity index (χ0n) is 18.4. The number of benzene rings is 1. The van der Waals surface area contributed by atoms with Crippen LogP contribution in [0.25, 0.3) is 22.4 Å². The van der Waals surface area contributed by atoms with Crippen molar-refractivity contribution in [3.63, 3.8) is 0 Å². The van der Waals surface area contributed by atoms with E-state index in [9.17, 15) is 4.79 Å². The number of rotatable bonds is 7. The fourth-order valence-electron chi connectivity index (χ4n) is 3.22. The molecular formula is C22H23N7O3S. The van der Waals surface area contributed by atoms with E-state index in [0.717, 1.165) is 15.4 Å². The maximum Gasteiger partial charge on any atom is 0.333 e. The van der Waals surface area contributed by atoms with Crippen molar-refractivity contribution in [3.05, 3.63) is 54.5 Å². The molecule has 4 rings (SSSR count). The van der Waals surface area contributed by atoms with Gasteiger partial charge in [-0.3, -0.25) is 9.67 Å². The van der Waals surface area contributed by atoms with E-state index in [1.807, 2.05) is 31.3 Å². The summed E-state index contributed by atoms with van der Waals surface area (Å²) >= 11 is 4.23. The van der Waals surface area contributed by atoms with Crippen LogP contribution < -0.4 is 19.1 Å². The number of hydrogen-bond donors (Lipinski definition) is 2. The van der Waals surface area contributed by atoms with Gasteiger partial charge < -0.3 is 14.8 Å². The molecule has 4 aromatic rings. The molecule has 0 aliphatic heterocycles. The van der Waals surface area contributed by atoms with Crippen LogP contribution in [-0.2, 0) is 6.54 Å². The van der Waals surface area contributed by atoms with Gasteiger partial charge in [0.25, 0.3) is 0 Å². The third-order valence-corrected chi connectivity index (χ3v) is 5.24. The third-order valence-electron chi connectivity index (χ3n) is 4.85. The lowest BCUT2D eigenvalue weighted by Gasteiger charge is -2.14. The molecule has 10 nitrogen and oxygen atoms in total. The van der Waals surface area contributed by atoms with Crippen LogP contribution in [0.2, 0.25) is 0 Å². The summed E-state index contributed by atoms with van der Waals surface area (Å²) < 4.78 is 13.6. The third kappa shape index (κ3) is 4.82. The molecule has 0 fully saturated rings. The number of aromatic nitrogens is 5. The van der Waals surface area contributed by atoms with Gasteiger partial charge in [0.2, 0.25) is 0 Å². The highest BCUT2D eigenvalue weighted by atomic mass is 32.1. The summed E-state index contributed by atoms with van der Waals surface area (Å²) in [6.07, 6.45) is 5.28. The number of hydrogen-bond acceptors (Lipinski definition) is 8. The number of urea groups is 1. The van der Waals surface area contributed by atoms with E-state index in [4.69, 9.17) is 9.47 Å². The second-order valence-electron chi connectivity index (χ2n) is 7.03. The molecule has 11 heteroatoms. The molecule has 1 aromatic carbocycles. The number of amides is 2. The van der Waals surface area contributed by atoms with E-state index >= 15 is 0 Å². The molecule has 0 atom stereocenters. The van der Waals surface area contributed by atoms with E-state index in [1.165, 1.54) is 0 Å². The minimum atomic E-state index is -0.367. The van der Waals surface area contributed by atoms with Gasteiger partial charge in [-0.15, -0.1) is 0 Å². The highest BCUT2D eigenvalue weighted by Crippen LogP contribution is 2.28. The average molecular weight is 466 g/mol. The SMILES string of the molecule is CCNC(=O)N(S)c1ccc2ncc(-c3cnn(Cc4ccc(OC)c(OC)c4)c3)nc2n1. The molecule has 0 spiro atoms. The second-order valence-corrected chi connectivity index (χ2v) is 7.43. The van der Waals surface area contributed by atoms with E-state index < -0.39 is 0 Å². The zero-order valence-corrected chi connectivity index (χ0v) is 19.3. The lowest BCUT2D eigenvalue weighted by Crippen LogP contribution is -2.34. The predicted molar refractivity (Wildman–Crippen MR) is 128 cm³/mol. The van der Waals surface area contributed by atoms with Gasteiger partial charge in [0.1, 0.15) is 11.3 Å². The van der Waals surface area contributed by atoms with Crippen LogP contribution in [0.15, 0.2) is 48.9 Å². The van der Waals surface area contributed by atoms with Crippen molar-refractivity contribution in [1.29, 1.82) is 0 Å². The fourth-order valence-corrected chi connectivity index (χ4v) is 3.41. The molecular weight excluding hydrogens is 442 g/mol. The van der Waals surface area contributed by atoms with Crippen molar-refractivity contribution >= 4 is 35.8 Å². The minimum Gasteiger partial charge on any atom is -0.493 e. The van der Waals surface area contributed by atoms with Gasteiger partial charge in [-0.1, -0.05) is 18.9 Å². The van der Waals surface area contributed by atoms with E-state index in [1.54, 1.807) is 43.4 Å². The molecule has 2 amide bonds. The number of carbonyl (C=O) groups is 1. The summed E-state index contributed by atoms with van der Waals surface area (Å²) in [5.74, 6) is 1.69. The van der Waals surface area contributed by atoms with E-state index in [-0.39, 0.29) is 6.03 Å². The Balaban J connectivity index is 1.57. The van der Waals surface area contributed by atoms with Crippen molar-refractivity contribution in [3.8, 4) is 22.8 Å². The van der Waals surface area contributed by atoms with Gasteiger partial charge in [-0.05, 0) is 36.8 Å². The highest BCUT2D eigenvalue weighted by Gasteiger charge is 2.14. The Bertz CT molecular complexity index is 1290. The molecule has 0 aliphatic rings. The van der Waals surface area contributed by atoms with Crippen LogP contribution in [-0.4, -0.2) is 51.5 Å². The molecule has 0 saturated heterocycles. The maximum absolute atomic E-state index is 12.0. The number of nitrogens with zero attached hydrogens (tertiary/aromatic N) is 6. The maximum atomic E-state index is 12.0. The highest BCUT2D eigenvalue weighted by molar-refractivity contribution is 7.82. The first-order valence-corrected chi connectivity index (χ1v) is 10.6. The molecule has 0 radical (unpaired) electrons. The van der Waals surface area contributed by atoms with Gasteiger partial charge in [0.05, 0.1) is 38.9 Å². The molecule has 1 N–H and O–H groups in total. The Hall–Kier alpha value is -3.86. The van der Waals surface area contributed by atoms with Crippen LogP contribution in [0.4, 0.5) is 10.6 Å². The standard InChI is InChI=1S/C22H23N7O3S/c1-4-23-22(30)29(33)20-8-6-16-21(27-20)26-17(11-24-16)15-10-25-28(13-15)12-14-5-7-18(31-2)19(9-14)32-3/h5-11,13,33H,4,12H2,1-3H3,(H,23,30). The lowest BCUT2D eigenvalue weighted by atomic mass is 10.2. The Morgan fingerprint density at radius 2 is 1.94 bits per heavy atom. The number of carbonyl (C=O) groups excluding carboxylic acids is 1. The topological polar surface area (TPSA) is 107 Å². The van der Waals surface area contributed by atoms with Crippen molar-refractivity contribution in [2.24, 2.45) is 0 Å². The predicted octanol–water partition coefficient (Wildman–Crippen LogP) is 3.33. The molecule has 3 heterocycles. The first-order chi connectivity index (χ1) is 16.0. The lowest BCUT2D eigenvalue weighted by molar-refractivity contribution is 0.250. The van der Waals surface area contributed by atoms with Crippen LogP contribution in [0.1, 0.15) is 12.5 Å². The molecule has 0 saturated carbocycles. The van der Waals surface area contributed by atoms with Crippen LogP contribution in [0.5, 0.6) is 11.5 Å². The summed E-state index contributed by atoms with van der Waals surface area (Å²) in [5, 5.41) is 7.11. The fraction of sp³-hybridized carbons (Fsp3) is 0.227. The minimum absolute atomic E-state index is 0.354. The first kappa shape index (κ1) is 22.3. The largest absolute Gasteiger partial charge is 0.493 e. The molecule has 0 unspecified atom stereocenters. The average Bonchev–Trinajstić information content (AvgIpc) is 3.31. The number of fused-ring (bicyclic) bond motifs is 1. The van der Waals surface area contributed by atoms with Gasteiger partial charge in [-0.25, -0.2) is 19.1 Å². The monoisotopic (exact) mass is 465 g/mol. The van der Waals surface area contributed by atoms with Gasteiger partial charge in [-0.2, -0.15) is 5.10 Å². The number of pyridine rings is 1. The first-order valence-electron chi connectivity index (χ1n) is 10.2. The number of methoxy groups -OCH3 is 2. The van der Waals surface area contributed by atoms with E-state index in [0.29, 0.717) is 47.3 Å². The van der Waals surface area contributed by atoms with Gasteiger partial charge in [0.15, 0.2) is 17.1 Å². The quantitative estimate of drug-likeness (QED) is 0.403. The summed E-state index contributed by atoms with van der Waals surface area (Å²) in [6.45, 7) is 2.86. The van der Waals surface area contributed by atoms with Crippen molar-refractivity contribution < 1.29 is 14.3 Å². The molecule has 33 heavy (non-hydrogen) atoms. The van der Waals surface area contributed by atoms with Crippen LogP contribution in [0.3, 0.4) is 0 Å². The second kappa shape index (κ2) is 9.74. The number of ether oxygens (including phenoxy) is 2. The van der Waals surface area contributed by atoms with Gasteiger partial charge in [0, 0.05) is 18.3 Å². The Morgan fingerprint density at radius 1 is 1.12 bits per heavy atom. The molecule has 170 valence electrons. The summed E-state index contributed by atoms with van der Waals surface area (Å²) in [7, 11) is 3.21. The summed E-state index contributed by atoms with van der Waals surface area (Å²) in [6, 6.07) is 8.79. The molecule has 0 aliphatic carbocycles. The van der Waals surface area contributed by atoms with Gasteiger partial charge >= 0.3 is 6.03 Å². The number of nitrogens with one attached hydrogen (secondary N) is 1. The summed E-state index contributed by atoms with van der Waals surface area (Å²) in [5.41, 5.74) is 3.44. The normalized spacial score (nSPS) is 10.8.